The Balaban J connectivity index is 1.65. The second kappa shape index (κ2) is 7.14. The zero-order valence-corrected chi connectivity index (χ0v) is 15.1. The number of fused-ring (bicyclic) bond motifs is 1. The number of para-hydroxylation sites is 2. The summed E-state index contributed by atoms with van der Waals surface area (Å²) in [5.41, 5.74) is 3.77. The first-order chi connectivity index (χ1) is 12.7. The number of anilines is 2. The van der Waals surface area contributed by atoms with Gasteiger partial charge in [0.05, 0.1) is 11.0 Å². The van der Waals surface area contributed by atoms with Crippen LogP contribution in [0.1, 0.15) is 13.3 Å². The quantitative estimate of drug-likeness (QED) is 0.522. The summed E-state index contributed by atoms with van der Waals surface area (Å²) in [4.78, 5) is 4.75. The Hall–Kier alpha value is -2.92. The van der Waals surface area contributed by atoms with Crippen LogP contribution < -0.4 is 5.32 Å². The highest BCUT2D eigenvalue weighted by Crippen LogP contribution is 2.24. The fourth-order valence-corrected chi connectivity index (χ4v) is 3.05. The second-order valence-corrected chi connectivity index (χ2v) is 6.45. The van der Waals surface area contributed by atoms with Gasteiger partial charge in [0.1, 0.15) is 5.69 Å². The number of aryl methyl sites for hydroxylation is 1. The predicted molar refractivity (Wildman–Crippen MR) is 106 cm³/mol. The molecular weight excluding hydrogens is 346 g/mol. The number of halogens is 1. The Morgan fingerprint density at radius 2 is 1.77 bits per heavy atom. The molecule has 2 aromatic carbocycles. The minimum Gasteiger partial charge on any atom is -0.339 e. The highest BCUT2D eigenvalue weighted by molar-refractivity contribution is 6.30. The summed E-state index contributed by atoms with van der Waals surface area (Å²) in [7, 11) is 0. The van der Waals surface area contributed by atoms with E-state index in [1.54, 1.807) is 0 Å². The van der Waals surface area contributed by atoms with E-state index in [1.807, 2.05) is 54.6 Å². The average molecular weight is 364 g/mol. The molecular formula is C20H18ClN5. The number of nitrogens with zero attached hydrogens (tertiary/aromatic N) is 4. The van der Waals surface area contributed by atoms with Gasteiger partial charge >= 0.3 is 0 Å². The maximum Gasteiger partial charge on any atom is 0.161 e. The molecule has 4 rings (SSSR count). The Labute approximate surface area is 156 Å². The molecule has 2 heterocycles. The van der Waals surface area contributed by atoms with Crippen LogP contribution in [0.4, 0.5) is 11.5 Å². The molecule has 2 aromatic heterocycles. The second-order valence-electron chi connectivity index (χ2n) is 6.01. The van der Waals surface area contributed by atoms with Crippen LogP contribution in [-0.4, -0.2) is 19.7 Å². The van der Waals surface area contributed by atoms with E-state index < -0.39 is 0 Å². The molecule has 0 amide bonds. The van der Waals surface area contributed by atoms with E-state index in [9.17, 15) is 0 Å². The lowest BCUT2D eigenvalue weighted by Crippen LogP contribution is -2.02. The maximum absolute atomic E-state index is 5.91. The van der Waals surface area contributed by atoms with Crippen LogP contribution >= 0.6 is 11.6 Å². The SMILES string of the molecule is CCCn1c(-c2ccc(Nc3ccc(Cl)cc3)nn2)nc2ccccc21. The number of nitrogens with one attached hydrogen (secondary N) is 1. The summed E-state index contributed by atoms with van der Waals surface area (Å²) in [6.45, 7) is 3.05. The predicted octanol–water partition coefficient (Wildman–Crippen LogP) is 5.30. The van der Waals surface area contributed by atoms with Crippen molar-refractivity contribution in [1.82, 2.24) is 19.7 Å². The summed E-state index contributed by atoms with van der Waals surface area (Å²) < 4.78 is 2.20. The standard InChI is InChI=1S/C20H18ClN5/c1-2-13-26-18-6-4-3-5-16(18)23-20(26)17-11-12-19(25-24-17)22-15-9-7-14(21)8-10-15/h3-12H,2,13H2,1H3,(H,22,25). The number of benzene rings is 2. The number of hydrogen-bond donors (Lipinski definition) is 1. The third-order valence-corrected chi connectivity index (χ3v) is 4.36. The summed E-state index contributed by atoms with van der Waals surface area (Å²) in [6.07, 6.45) is 1.02. The Kier molecular flexibility index (Phi) is 4.54. The van der Waals surface area contributed by atoms with E-state index in [0.717, 1.165) is 41.2 Å². The normalized spacial score (nSPS) is 11.0. The highest BCUT2D eigenvalue weighted by Gasteiger charge is 2.13. The Morgan fingerprint density at radius 3 is 2.50 bits per heavy atom. The van der Waals surface area contributed by atoms with Crippen LogP contribution in [0.5, 0.6) is 0 Å². The first-order valence-electron chi connectivity index (χ1n) is 8.56. The van der Waals surface area contributed by atoms with Gasteiger partial charge in [-0.25, -0.2) is 4.98 Å². The molecule has 26 heavy (non-hydrogen) atoms. The van der Waals surface area contributed by atoms with Gasteiger partial charge in [-0.2, -0.15) is 0 Å². The van der Waals surface area contributed by atoms with Crippen molar-refractivity contribution in [1.29, 1.82) is 0 Å². The van der Waals surface area contributed by atoms with Gasteiger partial charge in [-0.15, -0.1) is 10.2 Å². The summed E-state index contributed by atoms with van der Waals surface area (Å²) in [5.74, 6) is 1.52. The Bertz CT molecular complexity index is 1020. The molecule has 0 spiro atoms. The Morgan fingerprint density at radius 1 is 0.962 bits per heavy atom. The first kappa shape index (κ1) is 16.5. The molecule has 0 aliphatic carbocycles. The monoisotopic (exact) mass is 363 g/mol. The molecule has 0 radical (unpaired) electrons. The van der Waals surface area contributed by atoms with E-state index in [4.69, 9.17) is 16.6 Å². The minimum atomic E-state index is 0.675. The molecule has 130 valence electrons. The molecule has 0 atom stereocenters. The topological polar surface area (TPSA) is 55.6 Å². The lowest BCUT2D eigenvalue weighted by atomic mass is 10.3. The molecule has 0 aliphatic heterocycles. The van der Waals surface area contributed by atoms with Crippen molar-refractivity contribution in [2.75, 3.05) is 5.32 Å². The number of aromatic nitrogens is 4. The molecule has 0 saturated heterocycles. The third kappa shape index (κ3) is 3.26. The fourth-order valence-electron chi connectivity index (χ4n) is 2.92. The van der Waals surface area contributed by atoms with Crippen molar-refractivity contribution in [2.24, 2.45) is 0 Å². The molecule has 0 aliphatic rings. The smallest absolute Gasteiger partial charge is 0.161 e. The van der Waals surface area contributed by atoms with Gasteiger partial charge in [0.2, 0.25) is 0 Å². The van der Waals surface area contributed by atoms with Gasteiger partial charge in [-0.05, 0) is 55.0 Å². The molecule has 0 unspecified atom stereocenters. The largest absolute Gasteiger partial charge is 0.339 e. The number of rotatable bonds is 5. The highest BCUT2D eigenvalue weighted by atomic mass is 35.5. The first-order valence-corrected chi connectivity index (χ1v) is 8.94. The van der Waals surface area contributed by atoms with Crippen LogP contribution in [-0.2, 0) is 6.54 Å². The van der Waals surface area contributed by atoms with Crippen LogP contribution in [0.25, 0.3) is 22.6 Å². The lowest BCUT2D eigenvalue weighted by molar-refractivity contribution is 0.701. The van der Waals surface area contributed by atoms with Crippen LogP contribution in [0.2, 0.25) is 5.02 Å². The van der Waals surface area contributed by atoms with E-state index in [2.05, 4.69) is 33.1 Å². The summed E-state index contributed by atoms with van der Waals surface area (Å²) in [5, 5.41) is 12.6. The fraction of sp³-hybridized carbons (Fsp3) is 0.150. The van der Waals surface area contributed by atoms with Gasteiger partial charge in [-0.1, -0.05) is 30.7 Å². The van der Waals surface area contributed by atoms with Gasteiger partial charge in [0.25, 0.3) is 0 Å². The van der Waals surface area contributed by atoms with Crippen LogP contribution in [0.3, 0.4) is 0 Å². The third-order valence-electron chi connectivity index (χ3n) is 4.11. The van der Waals surface area contributed by atoms with Crippen LogP contribution in [0, 0.1) is 0 Å². The minimum absolute atomic E-state index is 0.675. The van der Waals surface area contributed by atoms with Crippen molar-refractivity contribution < 1.29 is 0 Å². The van der Waals surface area contributed by atoms with E-state index >= 15 is 0 Å². The van der Waals surface area contributed by atoms with E-state index in [0.29, 0.717) is 10.8 Å². The van der Waals surface area contributed by atoms with Crippen molar-refractivity contribution >= 4 is 34.1 Å². The lowest BCUT2D eigenvalue weighted by Gasteiger charge is -2.08. The average Bonchev–Trinajstić information content (AvgIpc) is 3.03. The molecule has 4 aromatic rings. The summed E-state index contributed by atoms with van der Waals surface area (Å²) in [6, 6.07) is 19.5. The molecule has 1 N–H and O–H groups in total. The molecule has 0 saturated carbocycles. The zero-order chi connectivity index (χ0) is 17.9. The maximum atomic E-state index is 5.91. The van der Waals surface area contributed by atoms with Crippen molar-refractivity contribution in [2.45, 2.75) is 19.9 Å². The van der Waals surface area contributed by atoms with Crippen LogP contribution in [0.15, 0.2) is 60.7 Å². The zero-order valence-electron chi connectivity index (χ0n) is 14.4. The molecule has 6 heteroatoms. The van der Waals surface area contributed by atoms with Gasteiger partial charge in [0, 0.05) is 17.3 Å². The van der Waals surface area contributed by atoms with E-state index in [-0.39, 0.29) is 0 Å². The number of imidazole rings is 1. The van der Waals surface area contributed by atoms with Crippen molar-refractivity contribution in [3.8, 4) is 11.5 Å². The van der Waals surface area contributed by atoms with Crippen molar-refractivity contribution in [3.05, 3.63) is 65.7 Å². The van der Waals surface area contributed by atoms with Gasteiger partial charge < -0.3 is 9.88 Å². The van der Waals surface area contributed by atoms with Gasteiger partial charge in [0.15, 0.2) is 11.6 Å². The molecule has 5 nitrogen and oxygen atoms in total. The summed E-state index contributed by atoms with van der Waals surface area (Å²) >= 11 is 5.91. The molecule has 0 fully saturated rings. The molecule has 0 bridgehead atoms. The van der Waals surface area contributed by atoms with Gasteiger partial charge in [-0.3, -0.25) is 0 Å². The van der Waals surface area contributed by atoms with E-state index in [1.165, 1.54) is 0 Å². The van der Waals surface area contributed by atoms with Crippen molar-refractivity contribution in [3.63, 3.8) is 0 Å². The number of hydrogen-bond acceptors (Lipinski definition) is 4.